The van der Waals surface area contributed by atoms with Crippen molar-refractivity contribution in [2.24, 2.45) is 0 Å². The van der Waals surface area contributed by atoms with Gasteiger partial charge >= 0.3 is 6.09 Å². The lowest BCUT2D eigenvalue weighted by Gasteiger charge is -2.19. The van der Waals surface area contributed by atoms with Crippen molar-refractivity contribution in [3.8, 4) is 0 Å². The summed E-state index contributed by atoms with van der Waals surface area (Å²) in [6.07, 6.45) is 0.882. The molecule has 1 rings (SSSR count). The Morgan fingerprint density at radius 3 is 2.68 bits per heavy atom. The molecule has 0 radical (unpaired) electrons. The first-order valence-corrected chi connectivity index (χ1v) is 6.81. The standard InChI is InChI=1S/C12H17Cl2N3O2/c1-12(2,3)19-11(18)15-9-7-8(5-4-6-13)10(14)17-16-9/h7H,4-6H2,1-3H3,(H,15,16,18). The van der Waals surface area contributed by atoms with Crippen LogP contribution < -0.4 is 5.32 Å². The molecule has 7 heteroatoms. The fraction of sp³-hybridized carbons (Fsp3) is 0.583. The lowest BCUT2D eigenvalue weighted by Crippen LogP contribution is -2.27. The van der Waals surface area contributed by atoms with Crippen LogP contribution in [0.15, 0.2) is 6.07 Å². The van der Waals surface area contributed by atoms with E-state index >= 15 is 0 Å². The highest BCUT2D eigenvalue weighted by Gasteiger charge is 2.17. The number of nitrogens with zero attached hydrogens (tertiary/aromatic N) is 2. The first-order chi connectivity index (χ1) is 8.81. The molecule has 1 heterocycles. The summed E-state index contributed by atoms with van der Waals surface area (Å²) >= 11 is 11.5. The molecule has 0 aliphatic carbocycles. The number of halogens is 2. The van der Waals surface area contributed by atoms with Crippen LogP contribution in [-0.2, 0) is 11.2 Å². The highest BCUT2D eigenvalue weighted by Crippen LogP contribution is 2.18. The summed E-state index contributed by atoms with van der Waals surface area (Å²) in [5.41, 5.74) is 0.231. The van der Waals surface area contributed by atoms with Gasteiger partial charge in [0.15, 0.2) is 11.0 Å². The van der Waals surface area contributed by atoms with Crippen LogP contribution in [0.5, 0.6) is 0 Å². The summed E-state index contributed by atoms with van der Waals surface area (Å²) < 4.78 is 5.12. The molecule has 0 atom stereocenters. The molecule has 1 N–H and O–H groups in total. The summed E-state index contributed by atoms with van der Waals surface area (Å²) in [5, 5.41) is 10.4. The van der Waals surface area contributed by atoms with E-state index in [9.17, 15) is 4.79 Å². The third kappa shape index (κ3) is 6.07. The van der Waals surface area contributed by atoms with Crippen molar-refractivity contribution >= 4 is 35.1 Å². The van der Waals surface area contributed by atoms with Gasteiger partial charge in [-0.1, -0.05) is 11.6 Å². The molecule has 0 saturated carbocycles. The Kier molecular flexibility index (Phi) is 5.82. The second-order valence-corrected chi connectivity index (χ2v) is 5.70. The minimum Gasteiger partial charge on any atom is -0.444 e. The van der Waals surface area contributed by atoms with Gasteiger partial charge in [-0.25, -0.2) is 4.79 Å². The van der Waals surface area contributed by atoms with Crippen LogP contribution in [0.25, 0.3) is 0 Å². The smallest absolute Gasteiger partial charge is 0.413 e. The molecule has 0 saturated heterocycles. The number of aromatic nitrogens is 2. The Bertz CT molecular complexity index is 447. The van der Waals surface area contributed by atoms with E-state index in [-0.39, 0.29) is 0 Å². The van der Waals surface area contributed by atoms with Crippen LogP contribution in [0.4, 0.5) is 10.6 Å². The zero-order valence-corrected chi connectivity index (χ0v) is 12.7. The van der Waals surface area contributed by atoms with E-state index in [4.69, 9.17) is 27.9 Å². The van der Waals surface area contributed by atoms with E-state index in [2.05, 4.69) is 15.5 Å². The van der Waals surface area contributed by atoms with Crippen molar-refractivity contribution in [1.29, 1.82) is 0 Å². The maximum Gasteiger partial charge on any atom is 0.413 e. The number of anilines is 1. The number of carbonyl (C=O) groups excluding carboxylic acids is 1. The quantitative estimate of drug-likeness (QED) is 0.862. The van der Waals surface area contributed by atoms with Crippen molar-refractivity contribution in [1.82, 2.24) is 10.2 Å². The minimum atomic E-state index is -0.576. The number of rotatable bonds is 4. The fourth-order valence-corrected chi connectivity index (χ4v) is 1.64. The molecular formula is C12H17Cl2N3O2. The zero-order chi connectivity index (χ0) is 14.5. The van der Waals surface area contributed by atoms with E-state index in [0.717, 1.165) is 12.0 Å². The van der Waals surface area contributed by atoms with Gasteiger partial charge in [0.2, 0.25) is 0 Å². The average molecular weight is 306 g/mol. The third-order valence-corrected chi connectivity index (χ3v) is 2.62. The molecule has 1 amide bonds. The lowest BCUT2D eigenvalue weighted by atomic mass is 10.2. The first kappa shape index (κ1) is 16.0. The van der Waals surface area contributed by atoms with E-state index in [0.29, 0.717) is 23.3 Å². The summed E-state index contributed by atoms with van der Waals surface area (Å²) in [6, 6.07) is 1.67. The molecule has 1 aromatic rings. The van der Waals surface area contributed by atoms with Crippen molar-refractivity contribution in [2.75, 3.05) is 11.2 Å². The van der Waals surface area contributed by atoms with Gasteiger partial charge in [0.05, 0.1) is 0 Å². The van der Waals surface area contributed by atoms with Crippen LogP contribution in [-0.4, -0.2) is 27.8 Å². The lowest BCUT2D eigenvalue weighted by molar-refractivity contribution is 0.0635. The maximum absolute atomic E-state index is 11.6. The largest absolute Gasteiger partial charge is 0.444 e. The van der Waals surface area contributed by atoms with Gasteiger partial charge < -0.3 is 4.74 Å². The first-order valence-electron chi connectivity index (χ1n) is 5.90. The molecule has 0 unspecified atom stereocenters. The summed E-state index contributed by atoms with van der Waals surface area (Å²) in [5.74, 6) is 0.844. The Morgan fingerprint density at radius 2 is 2.11 bits per heavy atom. The molecule has 0 bridgehead atoms. The monoisotopic (exact) mass is 305 g/mol. The molecule has 0 aliphatic rings. The third-order valence-electron chi connectivity index (χ3n) is 2.03. The number of alkyl halides is 1. The van der Waals surface area contributed by atoms with Gasteiger partial charge in [-0.3, -0.25) is 5.32 Å². The van der Waals surface area contributed by atoms with Crippen molar-refractivity contribution < 1.29 is 9.53 Å². The van der Waals surface area contributed by atoms with Gasteiger partial charge in [-0.05, 0) is 45.2 Å². The average Bonchev–Trinajstić information content (AvgIpc) is 2.27. The number of amides is 1. The van der Waals surface area contributed by atoms with Gasteiger partial charge in [0, 0.05) is 5.88 Å². The van der Waals surface area contributed by atoms with Crippen LogP contribution in [0.1, 0.15) is 32.8 Å². The topological polar surface area (TPSA) is 64.1 Å². The van der Waals surface area contributed by atoms with Gasteiger partial charge in [0.1, 0.15) is 5.60 Å². The summed E-state index contributed by atoms with van der Waals surface area (Å²) in [7, 11) is 0. The van der Waals surface area contributed by atoms with Crippen LogP contribution in [0, 0.1) is 0 Å². The van der Waals surface area contributed by atoms with Crippen LogP contribution >= 0.6 is 23.2 Å². The SMILES string of the molecule is CC(C)(C)OC(=O)Nc1cc(CCCCl)c(Cl)nn1. The fourth-order valence-electron chi connectivity index (χ4n) is 1.32. The van der Waals surface area contributed by atoms with Crippen LogP contribution in [0.3, 0.4) is 0 Å². The Balaban J connectivity index is 2.71. The van der Waals surface area contributed by atoms with E-state index in [1.807, 2.05) is 0 Å². The molecule has 0 spiro atoms. The van der Waals surface area contributed by atoms with E-state index < -0.39 is 11.7 Å². The van der Waals surface area contributed by atoms with Gasteiger partial charge in [0.25, 0.3) is 0 Å². The molecule has 1 aromatic heterocycles. The maximum atomic E-state index is 11.6. The molecule has 0 aromatic carbocycles. The van der Waals surface area contributed by atoms with Crippen molar-refractivity contribution in [3.05, 3.63) is 16.8 Å². The van der Waals surface area contributed by atoms with Gasteiger partial charge in [-0.2, -0.15) is 0 Å². The molecule has 0 aliphatic heterocycles. The van der Waals surface area contributed by atoms with E-state index in [1.165, 1.54) is 0 Å². The summed E-state index contributed by atoms with van der Waals surface area (Å²) in [6.45, 7) is 5.35. The second-order valence-electron chi connectivity index (χ2n) is 4.97. The molecular weight excluding hydrogens is 289 g/mol. The number of hydrogen-bond acceptors (Lipinski definition) is 4. The zero-order valence-electron chi connectivity index (χ0n) is 11.2. The Labute approximate surface area is 122 Å². The Hall–Kier alpha value is -1.07. The molecule has 0 fully saturated rings. The van der Waals surface area contributed by atoms with E-state index in [1.54, 1.807) is 26.8 Å². The highest BCUT2D eigenvalue weighted by molar-refractivity contribution is 6.30. The predicted molar refractivity (Wildman–Crippen MR) is 75.9 cm³/mol. The molecule has 19 heavy (non-hydrogen) atoms. The normalized spacial score (nSPS) is 11.2. The van der Waals surface area contributed by atoms with Crippen molar-refractivity contribution in [2.45, 2.75) is 39.2 Å². The second kappa shape index (κ2) is 6.91. The molecule has 106 valence electrons. The number of ether oxygens (including phenoxy) is 1. The van der Waals surface area contributed by atoms with Gasteiger partial charge in [-0.15, -0.1) is 21.8 Å². The predicted octanol–water partition coefficient (Wildman–Crippen LogP) is 3.65. The molecule has 5 nitrogen and oxygen atoms in total. The number of hydrogen-bond donors (Lipinski definition) is 1. The van der Waals surface area contributed by atoms with Crippen LogP contribution in [0.2, 0.25) is 5.15 Å². The number of aryl methyl sites for hydroxylation is 1. The van der Waals surface area contributed by atoms with Crippen molar-refractivity contribution in [3.63, 3.8) is 0 Å². The summed E-state index contributed by atoms with van der Waals surface area (Å²) in [4.78, 5) is 11.6. The Morgan fingerprint density at radius 1 is 1.42 bits per heavy atom. The number of nitrogens with one attached hydrogen (secondary N) is 1. The number of carbonyl (C=O) groups is 1. The highest BCUT2D eigenvalue weighted by atomic mass is 35.5. The minimum absolute atomic E-state index is 0.309.